The molecule has 5 heteroatoms. The van der Waals surface area contributed by atoms with Crippen LogP contribution in [0, 0.1) is 0 Å². The molecule has 5 nitrogen and oxygen atoms in total. The number of ether oxygens (including phenoxy) is 1. The van der Waals surface area contributed by atoms with Gasteiger partial charge in [0.05, 0.1) is 19.3 Å². The van der Waals surface area contributed by atoms with Gasteiger partial charge in [-0.15, -0.1) is 0 Å². The van der Waals surface area contributed by atoms with Gasteiger partial charge in [-0.2, -0.15) is 0 Å². The zero-order chi connectivity index (χ0) is 15.0. The third-order valence-corrected chi connectivity index (χ3v) is 3.43. The lowest BCUT2D eigenvalue weighted by atomic mass is 9.98. The third kappa shape index (κ3) is 5.19. The second kappa shape index (κ2) is 7.87. The van der Waals surface area contributed by atoms with Crippen molar-refractivity contribution >= 4 is 11.6 Å². The topological polar surface area (TPSA) is 70.6 Å². The number of carbonyl (C=O) groups excluding carboxylic acids is 1. The van der Waals surface area contributed by atoms with Gasteiger partial charge in [0.25, 0.3) is 0 Å². The molecule has 1 aromatic carbocycles. The van der Waals surface area contributed by atoms with E-state index in [1.54, 1.807) is 31.4 Å². The van der Waals surface area contributed by atoms with Crippen LogP contribution < -0.4 is 15.4 Å². The van der Waals surface area contributed by atoms with Crippen molar-refractivity contribution in [1.29, 1.82) is 0 Å². The summed E-state index contributed by atoms with van der Waals surface area (Å²) in [5, 5.41) is 15.8. The summed E-state index contributed by atoms with van der Waals surface area (Å²) in [5.74, 6) is 0.613. The summed E-state index contributed by atoms with van der Waals surface area (Å²) < 4.78 is 5.05. The fraction of sp³-hybridized carbons (Fsp3) is 0.533. The molecule has 0 bridgehead atoms. The minimum atomic E-state index is -0.736. The van der Waals surface area contributed by atoms with Crippen molar-refractivity contribution in [3.8, 4) is 5.75 Å². The number of anilines is 1. The predicted octanol–water partition coefficient (Wildman–Crippen LogP) is 1.77. The van der Waals surface area contributed by atoms with E-state index in [-0.39, 0.29) is 12.5 Å². The van der Waals surface area contributed by atoms with Gasteiger partial charge < -0.3 is 20.5 Å². The molecule has 1 aromatic rings. The molecule has 1 amide bonds. The summed E-state index contributed by atoms with van der Waals surface area (Å²) in [4.78, 5) is 11.7. The number of carbonyl (C=O) groups is 1. The lowest BCUT2D eigenvalue weighted by Gasteiger charge is -2.25. The van der Waals surface area contributed by atoms with Crippen molar-refractivity contribution in [2.75, 3.05) is 25.5 Å². The maximum atomic E-state index is 11.7. The summed E-state index contributed by atoms with van der Waals surface area (Å²) in [5.41, 5.74) is -0.0146. The first kappa shape index (κ1) is 16.5. The van der Waals surface area contributed by atoms with Gasteiger partial charge >= 0.3 is 0 Å². The Hall–Kier alpha value is -1.59. The van der Waals surface area contributed by atoms with E-state index in [2.05, 4.69) is 10.6 Å². The summed E-state index contributed by atoms with van der Waals surface area (Å²) in [6, 6.07) is 7.14. The van der Waals surface area contributed by atoms with Crippen LogP contribution in [0.4, 0.5) is 5.69 Å². The Kier molecular flexibility index (Phi) is 6.48. The van der Waals surface area contributed by atoms with Crippen LogP contribution in [0.5, 0.6) is 5.75 Å². The molecule has 0 aliphatic heterocycles. The van der Waals surface area contributed by atoms with Crippen molar-refractivity contribution in [2.45, 2.75) is 32.3 Å². The third-order valence-electron chi connectivity index (χ3n) is 3.43. The van der Waals surface area contributed by atoms with Gasteiger partial charge in [-0.25, -0.2) is 0 Å². The maximum absolute atomic E-state index is 11.7. The van der Waals surface area contributed by atoms with Crippen molar-refractivity contribution in [3.05, 3.63) is 24.3 Å². The minimum absolute atomic E-state index is 0.135. The van der Waals surface area contributed by atoms with Crippen LogP contribution in [0.3, 0.4) is 0 Å². The molecule has 0 unspecified atom stereocenters. The molecule has 20 heavy (non-hydrogen) atoms. The largest absolute Gasteiger partial charge is 0.497 e. The highest BCUT2D eigenvalue weighted by Gasteiger charge is 2.21. The van der Waals surface area contributed by atoms with Crippen LogP contribution >= 0.6 is 0 Å². The molecule has 0 atom stereocenters. The fourth-order valence-electron chi connectivity index (χ4n) is 1.79. The lowest BCUT2D eigenvalue weighted by molar-refractivity contribution is -0.115. The molecule has 0 aliphatic rings. The summed E-state index contributed by atoms with van der Waals surface area (Å²) in [6.45, 7) is 4.45. The van der Waals surface area contributed by atoms with Crippen LogP contribution in [0.25, 0.3) is 0 Å². The van der Waals surface area contributed by atoms with E-state index >= 15 is 0 Å². The molecule has 0 saturated heterocycles. The van der Waals surface area contributed by atoms with Crippen molar-refractivity contribution in [1.82, 2.24) is 5.32 Å². The van der Waals surface area contributed by atoms with E-state index in [0.717, 1.165) is 11.4 Å². The highest BCUT2D eigenvalue weighted by atomic mass is 16.5. The minimum Gasteiger partial charge on any atom is -0.497 e. The zero-order valence-electron chi connectivity index (χ0n) is 12.4. The Bertz CT molecular complexity index is 414. The standard InChI is InChI=1S/C15H24N2O3/c1-4-15(19,5-2)11-16-10-14(18)17-12-6-8-13(20-3)9-7-12/h6-9,16,19H,4-5,10-11H2,1-3H3,(H,17,18). The Labute approximate surface area is 120 Å². The van der Waals surface area contributed by atoms with Gasteiger partial charge in [-0.05, 0) is 37.1 Å². The van der Waals surface area contributed by atoms with Crippen LogP contribution in [0.1, 0.15) is 26.7 Å². The molecule has 0 aliphatic carbocycles. The summed E-state index contributed by atoms with van der Waals surface area (Å²) in [6.07, 6.45) is 1.33. The summed E-state index contributed by atoms with van der Waals surface area (Å²) >= 11 is 0. The molecule has 0 aromatic heterocycles. The first-order chi connectivity index (χ1) is 9.53. The number of hydrogen-bond acceptors (Lipinski definition) is 4. The zero-order valence-corrected chi connectivity index (χ0v) is 12.4. The Morgan fingerprint density at radius 2 is 1.85 bits per heavy atom. The molecule has 0 radical (unpaired) electrons. The molecule has 1 rings (SSSR count). The predicted molar refractivity (Wildman–Crippen MR) is 80.0 cm³/mol. The first-order valence-corrected chi connectivity index (χ1v) is 6.90. The number of aliphatic hydroxyl groups is 1. The highest BCUT2D eigenvalue weighted by Crippen LogP contribution is 2.15. The Balaban J connectivity index is 2.36. The molecule has 0 heterocycles. The van der Waals surface area contributed by atoms with Crippen LogP contribution in [-0.4, -0.2) is 36.8 Å². The number of hydrogen-bond donors (Lipinski definition) is 3. The molecule has 3 N–H and O–H groups in total. The molecule has 0 saturated carbocycles. The number of nitrogens with one attached hydrogen (secondary N) is 2. The quantitative estimate of drug-likeness (QED) is 0.679. The SMILES string of the molecule is CCC(O)(CC)CNCC(=O)Nc1ccc(OC)cc1. The average Bonchev–Trinajstić information content (AvgIpc) is 2.47. The van der Waals surface area contributed by atoms with Gasteiger partial charge in [0.2, 0.25) is 5.91 Å². The fourth-order valence-corrected chi connectivity index (χ4v) is 1.79. The van der Waals surface area contributed by atoms with Crippen molar-refractivity contribution in [2.24, 2.45) is 0 Å². The smallest absolute Gasteiger partial charge is 0.238 e. The number of methoxy groups -OCH3 is 1. The van der Waals surface area contributed by atoms with Gasteiger partial charge in [0.1, 0.15) is 5.75 Å². The van der Waals surface area contributed by atoms with Crippen LogP contribution in [0.2, 0.25) is 0 Å². The van der Waals surface area contributed by atoms with Gasteiger partial charge in [0.15, 0.2) is 0 Å². The monoisotopic (exact) mass is 280 g/mol. The van der Waals surface area contributed by atoms with Crippen molar-refractivity contribution in [3.63, 3.8) is 0 Å². The molecular weight excluding hydrogens is 256 g/mol. The van der Waals surface area contributed by atoms with Gasteiger partial charge in [-0.1, -0.05) is 13.8 Å². The van der Waals surface area contributed by atoms with E-state index in [0.29, 0.717) is 19.4 Å². The van der Waals surface area contributed by atoms with Crippen LogP contribution in [-0.2, 0) is 4.79 Å². The normalized spacial score (nSPS) is 11.2. The van der Waals surface area contributed by atoms with Crippen LogP contribution in [0.15, 0.2) is 24.3 Å². The van der Waals surface area contributed by atoms with Crippen molar-refractivity contribution < 1.29 is 14.6 Å². The molecule has 112 valence electrons. The van der Waals surface area contributed by atoms with E-state index in [1.165, 1.54) is 0 Å². The van der Waals surface area contributed by atoms with E-state index in [9.17, 15) is 9.90 Å². The number of benzene rings is 1. The number of rotatable bonds is 8. The lowest BCUT2D eigenvalue weighted by Crippen LogP contribution is -2.42. The van der Waals surface area contributed by atoms with Gasteiger partial charge in [0, 0.05) is 12.2 Å². The Morgan fingerprint density at radius 3 is 2.35 bits per heavy atom. The van der Waals surface area contributed by atoms with Gasteiger partial charge in [-0.3, -0.25) is 4.79 Å². The number of amides is 1. The average molecular weight is 280 g/mol. The second-order valence-corrected chi connectivity index (χ2v) is 4.81. The van der Waals surface area contributed by atoms with E-state index in [4.69, 9.17) is 4.74 Å². The summed E-state index contributed by atoms with van der Waals surface area (Å²) in [7, 11) is 1.60. The Morgan fingerprint density at radius 1 is 1.25 bits per heavy atom. The molecule has 0 fully saturated rings. The molecule has 0 spiro atoms. The first-order valence-electron chi connectivity index (χ1n) is 6.90. The highest BCUT2D eigenvalue weighted by molar-refractivity contribution is 5.92. The molecular formula is C15H24N2O3. The second-order valence-electron chi connectivity index (χ2n) is 4.81. The maximum Gasteiger partial charge on any atom is 0.238 e. The van der Waals surface area contributed by atoms with E-state index < -0.39 is 5.60 Å². The van der Waals surface area contributed by atoms with E-state index in [1.807, 2.05) is 13.8 Å².